The number of benzene rings is 1. The lowest BCUT2D eigenvalue weighted by molar-refractivity contribution is 0.280. The summed E-state index contributed by atoms with van der Waals surface area (Å²) in [4.78, 5) is 7.71. The molecule has 0 aliphatic heterocycles. The SMILES string of the molecule is CC(C)CCOc1cc2c(cn1)[nH]c1ccccc12.Cl. The summed E-state index contributed by atoms with van der Waals surface area (Å²) in [5.74, 6) is 1.36. The second kappa shape index (κ2) is 6.14. The van der Waals surface area contributed by atoms with E-state index >= 15 is 0 Å². The van der Waals surface area contributed by atoms with Gasteiger partial charge >= 0.3 is 0 Å². The predicted molar refractivity (Wildman–Crippen MR) is 85.8 cm³/mol. The highest BCUT2D eigenvalue weighted by Gasteiger charge is 2.06. The zero-order valence-corrected chi connectivity index (χ0v) is 12.5. The molecule has 106 valence electrons. The predicted octanol–water partition coefficient (Wildman–Crippen LogP) is 4.56. The highest BCUT2D eigenvalue weighted by molar-refractivity contribution is 6.07. The maximum absolute atomic E-state index is 5.72. The molecule has 4 heteroatoms. The molecule has 0 unspecified atom stereocenters. The molecular formula is C16H19ClN2O. The molecule has 0 saturated carbocycles. The van der Waals surface area contributed by atoms with Gasteiger partial charge in [0, 0.05) is 22.4 Å². The maximum Gasteiger partial charge on any atom is 0.213 e. The lowest BCUT2D eigenvalue weighted by atomic mass is 10.1. The number of aromatic amines is 1. The van der Waals surface area contributed by atoms with Gasteiger partial charge in [0.05, 0.1) is 18.3 Å². The molecule has 1 N–H and O–H groups in total. The smallest absolute Gasteiger partial charge is 0.213 e. The summed E-state index contributed by atoms with van der Waals surface area (Å²) in [5.41, 5.74) is 2.19. The fourth-order valence-electron chi connectivity index (χ4n) is 2.21. The van der Waals surface area contributed by atoms with Crippen molar-refractivity contribution in [1.82, 2.24) is 9.97 Å². The van der Waals surface area contributed by atoms with E-state index in [4.69, 9.17) is 4.74 Å². The van der Waals surface area contributed by atoms with E-state index < -0.39 is 0 Å². The monoisotopic (exact) mass is 290 g/mol. The van der Waals surface area contributed by atoms with E-state index in [0.29, 0.717) is 11.8 Å². The number of fused-ring (bicyclic) bond motifs is 3. The summed E-state index contributed by atoms with van der Waals surface area (Å²) < 4.78 is 5.72. The molecular weight excluding hydrogens is 272 g/mol. The molecule has 3 nitrogen and oxygen atoms in total. The van der Waals surface area contributed by atoms with E-state index in [9.17, 15) is 0 Å². The number of hydrogen-bond acceptors (Lipinski definition) is 2. The van der Waals surface area contributed by atoms with Crippen LogP contribution in [0.4, 0.5) is 0 Å². The highest BCUT2D eigenvalue weighted by Crippen LogP contribution is 2.26. The Kier molecular flexibility index (Phi) is 4.50. The number of nitrogens with one attached hydrogen (secondary N) is 1. The van der Waals surface area contributed by atoms with Crippen molar-refractivity contribution in [2.45, 2.75) is 20.3 Å². The van der Waals surface area contributed by atoms with Crippen LogP contribution in [0.15, 0.2) is 36.5 Å². The molecule has 3 rings (SSSR count). The molecule has 1 aromatic carbocycles. The Morgan fingerprint density at radius 2 is 1.95 bits per heavy atom. The van der Waals surface area contributed by atoms with Gasteiger partial charge < -0.3 is 9.72 Å². The van der Waals surface area contributed by atoms with Gasteiger partial charge in [0.2, 0.25) is 5.88 Å². The normalized spacial score (nSPS) is 10.9. The molecule has 0 aliphatic rings. The van der Waals surface area contributed by atoms with Crippen LogP contribution in [-0.4, -0.2) is 16.6 Å². The largest absolute Gasteiger partial charge is 0.478 e. The lowest BCUT2D eigenvalue weighted by Crippen LogP contribution is -2.02. The van der Waals surface area contributed by atoms with Crippen LogP contribution in [0.3, 0.4) is 0 Å². The topological polar surface area (TPSA) is 37.9 Å². The van der Waals surface area contributed by atoms with Gasteiger partial charge in [0.1, 0.15) is 0 Å². The summed E-state index contributed by atoms with van der Waals surface area (Å²) in [5, 5.41) is 2.39. The number of pyridine rings is 1. The number of halogens is 1. The second-order valence-corrected chi connectivity index (χ2v) is 5.27. The van der Waals surface area contributed by atoms with Crippen LogP contribution in [0.5, 0.6) is 5.88 Å². The summed E-state index contributed by atoms with van der Waals surface area (Å²) in [7, 11) is 0. The van der Waals surface area contributed by atoms with Gasteiger partial charge in [0.15, 0.2) is 0 Å². The van der Waals surface area contributed by atoms with Gasteiger partial charge in [-0.1, -0.05) is 32.0 Å². The lowest BCUT2D eigenvalue weighted by Gasteiger charge is -2.06. The quantitative estimate of drug-likeness (QED) is 0.765. The van der Waals surface area contributed by atoms with Crippen molar-refractivity contribution < 1.29 is 4.74 Å². The van der Waals surface area contributed by atoms with E-state index in [1.807, 2.05) is 18.3 Å². The number of nitrogens with zero attached hydrogens (tertiary/aromatic N) is 1. The van der Waals surface area contributed by atoms with E-state index in [1.54, 1.807) is 0 Å². The van der Waals surface area contributed by atoms with Gasteiger partial charge in [0.25, 0.3) is 0 Å². The first-order chi connectivity index (χ1) is 9.24. The Hall–Kier alpha value is -1.74. The summed E-state index contributed by atoms with van der Waals surface area (Å²) in [6.07, 6.45) is 2.90. The number of hydrogen-bond donors (Lipinski definition) is 1. The Morgan fingerprint density at radius 1 is 1.15 bits per heavy atom. The van der Waals surface area contributed by atoms with Gasteiger partial charge in [-0.2, -0.15) is 0 Å². The van der Waals surface area contributed by atoms with E-state index in [1.165, 1.54) is 10.8 Å². The Bertz CT molecular complexity index is 706. The van der Waals surface area contributed by atoms with Crippen LogP contribution in [0.2, 0.25) is 0 Å². The molecule has 0 amide bonds. The molecule has 0 bridgehead atoms. The summed E-state index contributed by atoms with van der Waals surface area (Å²) >= 11 is 0. The molecule has 0 saturated heterocycles. The second-order valence-electron chi connectivity index (χ2n) is 5.27. The van der Waals surface area contributed by atoms with E-state index in [0.717, 1.165) is 24.1 Å². The Morgan fingerprint density at radius 3 is 2.75 bits per heavy atom. The molecule has 2 heterocycles. The standard InChI is InChI=1S/C16H18N2O.ClH/c1-11(2)7-8-19-16-9-13-12-5-3-4-6-14(12)18-15(13)10-17-16;/h3-6,9-11,18H,7-8H2,1-2H3;1H. The van der Waals surface area contributed by atoms with Crippen LogP contribution in [0.25, 0.3) is 21.8 Å². The molecule has 20 heavy (non-hydrogen) atoms. The third kappa shape index (κ3) is 2.88. The van der Waals surface area contributed by atoms with Crippen LogP contribution in [-0.2, 0) is 0 Å². The first-order valence-electron chi connectivity index (χ1n) is 6.73. The van der Waals surface area contributed by atoms with Crippen molar-refractivity contribution in [3.8, 4) is 5.88 Å². The third-order valence-electron chi connectivity index (χ3n) is 3.31. The molecule has 0 fully saturated rings. The maximum atomic E-state index is 5.72. The minimum Gasteiger partial charge on any atom is -0.478 e. The van der Waals surface area contributed by atoms with E-state index in [2.05, 4.69) is 42.0 Å². The molecule has 0 atom stereocenters. The Labute approximate surface area is 124 Å². The fraction of sp³-hybridized carbons (Fsp3) is 0.312. The van der Waals surface area contributed by atoms with Crippen molar-refractivity contribution in [3.63, 3.8) is 0 Å². The molecule has 0 spiro atoms. The van der Waals surface area contributed by atoms with Crippen LogP contribution >= 0.6 is 12.4 Å². The minimum absolute atomic E-state index is 0. The number of ether oxygens (including phenoxy) is 1. The molecule has 3 aromatic rings. The van der Waals surface area contributed by atoms with Gasteiger partial charge in [-0.05, 0) is 18.4 Å². The molecule has 0 aliphatic carbocycles. The fourth-order valence-corrected chi connectivity index (χ4v) is 2.21. The average molecular weight is 291 g/mol. The molecule has 0 radical (unpaired) electrons. The zero-order chi connectivity index (χ0) is 13.2. The van der Waals surface area contributed by atoms with E-state index in [-0.39, 0.29) is 12.4 Å². The van der Waals surface area contributed by atoms with Crippen molar-refractivity contribution in [2.24, 2.45) is 5.92 Å². The summed E-state index contributed by atoms with van der Waals surface area (Å²) in [6.45, 7) is 5.11. The van der Waals surface area contributed by atoms with Crippen molar-refractivity contribution in [3.05, 3.63) is 36.5 Å². The average Bonchev–Trinajstić information content (AvgIpc) is 2.76. The van der Waals surface area contributed by atoms with Crippen molar-refractivity contribution in [1.29, 1.82) is 0 Å². The number of rotatable bonds is 4. The number of aromatic nitrogens is 2. The minimum atomic E-state index is 0. The van der Waals surface area contributed by atoms with Gasteiger partial charge in [-0.3, -0.25) is 0 Å². The number of para-hydroxylation sites is 1. The Balaban J connectivity index is 0.00000147. The zero-order valence-electron chi connectivity index (χ0n) is 11.7. The first kappa shape index (κ1) is 14.7. The van der Waals surface area contributed by atoms with Crippen molar-refractivity contribution in [2.75, 3.05) is 6.61 Å². The number of H-pyrrole nitrogens is 1. The molecule has 2 aromatic heterocycles. The summed E-state index contributed by atoms with van der Waals surface area (Å²) in [6, 6.07) is 10.3. The van der Waals surface area contributed by atoms with Crippen LogP contribution < -0.4 is 4.74 Å². The van der Waals surface area contributed by atoms with Crippen LogP contribution in [0, 0.1) is 5.92 Å². The first-order valence-corrected chi connectivity index (χ1v) is 6.73. The van der Waals surface area contributed by atoms with Crippen LogP contribution in [0.1, 0.15) is 20.3 Å². The van der Waals surface area contributed by atoms with Crippen molar-refractivity contribution >= 4 is 34.2 Å². The third-order valence-corrected chi connectivity index (χ3v) is 3.31. The highest BCUT2D eigenvalue weighted by atomic mass is 35.5. The van der Waals surface area contributed by atoms with Gasteiger partial charge in [-0.25, -0.2) is 4.98 Å². The van der Waals surface area contributed by atoms with Gasteiger partial charge in [-0.15, -0.1) is 12.4 Å².